The highest BCUT2D eigenvalue weighted by atomic mass is 32.2. The van der Waals surface area contributed by atoms with Crippen LogP contribution in [0.5, 0.6) is 0 Å². The first kappa shape index (κ1) is 25.8. The number of nitrogens with one attached hydrogen (secondary N) is 1. The Morgan fingerprint density at radius 3 is 2.35 bits per heavy atom. The number of para-hydroxylation sites is 1. The van der Waals surface area contributed by atoms with E-state index in [0.717, 1.165) is 42.3 Å². The number of benzene rings is 1. The average molecular weight is 488 g/mol. The van der Waals surface area contributed by atoms with Gasteiger partial charge in [-0.1, -0.05) is 24.6 Å². The number of unbranched alkanes of at least 4 members (excludes halogenated alkanes) is 2. The molecule has 1 N–H and O–H groups in total. The number of anilines is 1. The maximum atomic E-state index is 12.6. The third kappa shape index (κ3) is 7.62. The molecule has 0 unspecified atom stereocenters. The predicted octanol–water partition coefficient (Wildman–Crippen LogP) is 3.95. The van der Waals surface area contributed by atoms with E-state index in [1.807, 2.05) is 49.9 Å². The van der Waals surface area contributed by atoms with Crippen LogP contribution >= 0.6 is 11.8 Å². The van der Waals surface area contributed by atoms with E-state index in [4.69, 9.17) is 4.74 Å². The van der Waals surface area contributed by atoms with Crippen molar-refractivity contribution >= 4 is 46.5 Å². The number of esters is 1. The molecule has 3 amide bonds. The highest BCUT2D eigenvalue weighted by molar-refractivity contribution is 8.18. The fraction of sp³-hybridized carbons (Fsp3) is 0.520. The third-order valence-corrected chi connectivity index (χ3v) is 6.34. The summed E-state index contributed by atoms with van der Waals surface area (Å²) in [6.45, 7) is 8.23. The minimum atomic E-state index is -0.463. The van der Waals surface area contributed by atoms with Gasteiger partial charge in [0.25, 0.3) is 11.1 Å². The van der Waals surface area contributed by atoms with Crippen molar-refractivity contribution in [3.63, 3.8) is 0 Å². The molecule has 2 aliphatic rings. The molecule has 0 aliphatic carbocycles. The molecule has 3 rings (SSSR count). The lowest BCUT2D eigenvalue weighted by Crippen LogP contribution is -2.48. The zero-order chi connectivity index (χ0) is 24.7. The molecular weight excluding hydrogens is 454 g/mol. The van der Waals surface area contributed by atoms with Crippen LogP contribution < -0.4 is 10.2 Å². The van der Waals surface area contributed by atoms with Gasteiger partial charge >= 0.3 is 5.97 Å². The minimum Gasteiger partial charge on any atom is -0.460 e. The van der Waals surface area contributed by atoms with E-state index in [1.165, 1.54) is 0 Å². The quantitative estimate of drug-likeness (QED) is 0.337. The number of imide groups is 1. The van der Waals surface area contributed by atoms with Crippen LogP contribution in [0.15, 0.2) is 29.2 Å². The van der Waals surface area contributed by atoms with Crippen molar-refractivity contribution < 1.29 is 23.9 Å². The number of carbonyl (C=O) groups excluding carboxylic acids is 4. The highest BCUT2D eigenvalue weighted by Crippen LogP contribution is 2.30. The third-order valence-electron chi connectivity index (χ3n) is 5.53. The maximum Gasteiger partial charge on any atom is 0.306 e. The number of amides is 3. The molecule has 2 saturated heterocycles. The van der Waals surface area contributed by atoms with Gasteiger partial charge in [-0.3, -0.25) is 24.5 Å². The molecule has 1 aromatic rings. The van der Waals surface area contributed by atoms with E-state index in [1.54, 1.807) is 6.08 Å². The number of rotatable bonds is 8. The number of piperazine rings is 1. The topological polar surface area (TPSA) is 96.0 Å². The van der Waals surface area contributed by atoms with Gasteiger partial charge < -0.3 is 14.5 Å². The number of hydrogen-bond donors (Lipinski definition) is 1. The Morgan fingerprint density at radius 2 is 1.71 bits per heavy atom. The molecular formula is C25H33N3O5S. The second-order valence-electron chi connectivity index (χ2n) is 9.43. The molecule has 0 atom stereocenters. The summed E-state index contributed by atoms with van der Waals surface area (Å²) in [6, 6.07) is 7.76. The lowest BCUT2D eigenvalue weighted by Gasteiger charge is -2.37. The van der Waals surface area contributed by atoms with Gasteiger partial charge in [0.2, 0.25) is 5.91 Å². The first-order chi connectivity index (χ1) is 16.1. The largest absolute Gasteiger partial charge is 0.460 e. The molecule has 8 nitrogen and oxygen atoms in total. The SMILES string of the molecule is CC(C)(C)OC(=O)CCCCCC(=O)N1CCN(c2ccccc2/C=C2\SC(=O)NC2=O)CC1. The maximum absolute atomic E-state index is 12.6. The predicted molar refractivity (Wildman–Crippen MR) is 133 cm³/mol. The number of carbonyl (C=O) groups is 4. The molecule has 184 valence electrons. The van der Waals surface area contributed by atoms with E-state index >= 15 is 0 Å². The summed E-state index contributed by atoms with van der Waals surface area (Å²) in [5.41, 5.74) is 1.40. The second-order valence-corrected chi connectivity index (χ2v) is 10.4. The summed E-state index contributed by atoms with van der Waals surface area (Å²) in [4.78, 5) is 52.2. The first-order valence-electron chi connectivity index (χ1n) is 11.7. The zero-order valence-electron chi connectivity index (χ0n) is 20.1. The van der Waals surface area contributed by atoms with Crippen molar-refractivity contribution in [1.29, 1.82) is 0 Å². The van der Waals surface area contributed by atoms with Crippen molar-refractivity contribution in [1.82, 2.24) is 10.2 Å². The summed E-state index contributed by atoms with van der Waals surface area (Å²) < 4.78 is 5.30. The lowest BCUT2D eigenvalue weighted by molar-refractivity contribution is -0.154. The molecule has 0 bridgehead atoms. The summed E-state index contributed by atoms with van der Waals surface area (Å²) in [5, 5.41) is 1.92. The smallest absolute Gasteiger partial charge is 0.306 e. The molecule has 2 aliphatic heterocycles. The van der Waals surface area contributed by atoms with Crippen LogP contribution in [0, 0.1) is 0 Å². The Hall–Kier alpha value is -2.81. The van der Waals surface area contributed by atoms with E-state index < -0.39 is 5.60 Å². The molecule has 0 aromatic heterocycles. The van der Waals surface area contributed by atoms with Gasteiger partial charge in [-0.15, -0.1) is 0 Å². The minimum absolute atomic E-state index is 0.143. The number of nitrogens with zero attached hydrogens (tertiary/aromatic N) is 2. The fourth-order valence-electron chi connectivity index (χ4n) is 3.93. The number of hydrogen-bond acceptors (Lipinski definition) is 7. The Labute approximate surface area is 205 Å². The van der Waals surface area contributed by atoms with Crippen LogP contribution in [-0.2, 0) is 19.1 Å². The molecule has 0 saturated carbocycles. The van der Waals surface area contributed by atoms with Crippen molar-refractivity contribution in [2.75, 3.05) is 31.1 Å². The van der Waals surface area contributed by atoms with Crippen LogP contribution in [0.3, 0.4) is 0 Å². The standard InChI is InChI=1S/C25H33N3O5S/c1-25(2,3)33-22(30)12-6-4-5-11-21(29)28-15-13-27(14-16-28)19-10-8-7-9-18(19)17-20-23(31)26-24(32)34-20/h7-10,17H,4-6,11-16H2,1-3H3,(H,26,31,32)/b20-17-. The molecule has 34 heavy (non-hydrogen) atoms. The number of ether oxygens (including phenoxy) is 1. The van der Waals surface area contributed by atoms with E-state index in [-0.39, 0.29) is 23.0 Å². The van der Waals surface area contributed by atoms with Crippen molar-refractivity contribution in [3.05, 3.63) is 34.7 Å². The van der Waals surface area contributed by atoms with E-state index in [2.05, 4.69) is 10.2 Å². The van der Waals surface area contributed by atoms with Crippen LogP contribution in [-0.4, -0.2) is 59.7 Å². The Kier molecular flexibility index (Phi) is 8.77. The van der Waals surface area contributed by atoms with Gasteiger partial charge in [-0.25, -0.2) is 0 Å². The van der Waals surface area contributed by atoms with Gasteiger partial charge in [0.1, 0.15) is 5.60 Å². The molecule has 0 radical (unpaired) electrons. The normalized spacial score (nSPS) is 17.8. The summed E-state index contributed by atoms with van der Waals surface area (Å²) >= 11 is 0.907. The van der Waals surface area contributed by atoms with Crippen LogP contribution in [0.25, 0.3) is 6.08 Å². The first-order valence-corrected chi connectivity index (χ1v) is 12.5. The van der Waals surface area contributed by atoms with Gasteiger partial charge in [0, 0.05) is 44.7 Å². The van der Waals surface area contributed by atoms with E-state index in [9.17, 15) is 19.2 Å². The molecule has 2 fully saturated rings. The summed E-state index contributed by atoms with van der Waals surface area (Å²) in [7, 11) is 0. The van der Waals surface area contributed by atoms with Crippen molar-refractivity contribution in [3.8, 4) is 0 Å². The van der Waals surface area contributed by atoms with Crippen LogP contribution in [0.2, 0.25) is 0 Å². The van der Waals surface area contributed by atoms with Crippen molar-refractivity contribution in [2.24, 2.45) is 0 Å². The van der Waals surface area contributed by atoms with Crippen LogP contribution in [0.4, 0.5) is 10.5 Å². The Balaban J connectivity index is 1.44. The summed E-state index contributed by atoms with van der Waals surface area (Å²) in [5.74, 6) is -0.416. The summed E-state index contributed by atoms with van der Waals surface area (Å²) in [6.07, 6.45) is 4.92. The fourth-order valence-corrected chi connectivity index (χ4v) is 4.60. The zero-order valence-corrected chi connectivity index (χ0v) is 20.9. The Morgan fingerprint density at radius 1 is 1.03 bits per heavy atom. The lowest BCUT2D eigenvalue weighted by atomic mass is 10.1. The van der Waals surface area contributed by atoms with Crippen LogP contribution in [0.1, 0.15) is 58.4 Å². The van der Waals surface area contributed by atoms with Gasteiger partial charge in [0.15, 0.2) is 0 Å². The monoisotopic (exact) mass is 487 g/mol. The molecule has 9 heteroatoms. The molecule has 0 spiro atoms. The second kappa shape index (κ2) is 11.6. The average Bonchev–Trinajstić information content (AvgIpc) is 3.09. The van der Waals surface area contributed by atoms with Crippen molar-refractivity contribution in [2.45, 2.75) is 58.5 Å². The van der Waals surface area contributed by atoms with E-state index in [0.29, 0.717) is 43.9 Å². The van der Waals surface area contributed by atoms with Gasteiger partial charge in [-0.2, -0.15) is 0 Å². The Bertz CT molecular complexity index is 962. The van der Waals surface area contributed by atoms with Gasteiger partial charge in [0.05, 0.1) is 4.91 Å². The molecule has 2 heterocycles. The highest BCUT2D eigenvalue weighted by Gasteiger charge is 2.26. The molecule has 1 aromatic carbocycles. The van der Waals surface area contributed by atoms with Gasteiger partial charge in [-0.05, 0) is 63.1 Å². The number of thioether (sulfide) groups is 1.